The van der Waals surface area contributed by atoms with Crippen LogP contribution in [0.15, 0.2) is 6.07 Å². The molecule has 5 nitrogen and oxygen atoms in total. The van der Waals surface area contributed by atoms with Crippen LogP contribution in [-0.2, 0) is 13.6 Å². The molecular formula is C14H20N4O. The first-order valence-corrected chi connectivity index (χ1v) is 6.50. The number of aryl methyl sites for hydroxylation is 3. The van der Waals surface area contributed by atoms with E-state index in [1.165, 1.54) is 0 Å². The maximum Gasteiger partial charge on any atom is 0.166 e. The average Bonchev–Trinajstić information content (AvgIpc) is 2.80. The molecule has 0 aliphatic heterocycles. The molecule has 0 amide bonds. The van der Waals surface area contributed by atoms with E-state index in [0.717, 1.165) is 28.3 Å². The van der Waals surface area contributed by atoms with Gasteiger partial charge in [-0.15, -0.1) is 0 Å². The summed E-state index contributed by atoms with van der Waals surface area (Å²) in [7, 11) is 1.92. The summed E-state index contributed by atoms with van der Waals surface area (Å²) in [6.07, 6.45) is 0.512. The maximum absolute atomic E-state index is 11.9. The van der Waals surface area contributed by atoms with Crippen LogP contribution in [0.1, 0.15) is 46.5 Å². The standard InChI is InChI=1S/C14H20N4O/c1-6-13(19)14-10(3)16-18(11(14)4)8-12-7-9(2)15-17(12)5/h7H,6,8H2,1-5H3. The molecule has 19 heavy (non-hydrogen) atoms. The van der Waals surface area contributed by atoms with Crippen LogP contribution in [0.3, 0.4) is 0 Å². The van der Waals surface area contributed by atoms with Crippen molar-refractivity contribution in [3.05, 3.63) is 34.4 Å². The summed E-state index contributed by atoms with van der Waals surface area (Å²) < 4.78 is 3.74. The fourth-order valence-corrected chi connectivity index (χ4v) is 2.40. The number of Topliss-reactive ketones (excluding diaryl/α,β-unsaturated/α-hetero) is 1. The van der Waals surface area contributed by atoms with E-state index in [9.17, 15) is 4.79 Å². The lowest BCUT2D eigenvalue weighted by Gasteiger charge is -2.05. The molecule has 2 aromatic heterocycles. The molecule has 2 aromatic rings. The van der Waals surface area contributed by atoms with E-state index >= 15 is 0 Å². The van der Waals surface area contributed by atoms with Gasteiger partial charge in [-0.05, 0) is 26.8 Å². The van der Waals surface area contributed by atoms with Gasteiger partial charge in [0, 0.05) is 19.2 Å². The fourth-order valence-electron chi connectivity index (χ4n) is 2.40. The third kappa shape index (κ3) is 2.45. The molecule has 0 fully saturated rings. The zero-order chi connectivity index (χ0) is 14.2. The van der Waals surface area contributed by atoms with Crippen LogP contribution in [0.5, 0.6) is 0 Å². The number of hydrogen-bond acceptors (Lipinski definition) is 3. The molecule has 0 atom stereocenters. The Labute approximate surface area is 113 Å². The maximum atomic E-state index is 11.9. The van der Waals surface area contributed by atoms with Crippen molar-refractivity contribution in [1.29, 1.82) is 0 Å². The highest BCUT2D eigenvalue weighted by Gasteiger charge is 2.17. The van der Waals surface area contributed by atoms with Gasteiger partial charge >= 0.3 is 0 Å². The number of carbonyl (C=O) groups is 1. The predicted octanol–water partition coefficient (Wildman–Crippen LogP) is 2.18. The number of rotatable bonds is 4. The molecule has 0 spiro atoms. The number of carbonyl (C=O) groups excluding carboxylic acids is 1. The molecule has 0 aliphatic carbocycles. The molecule has 0 aromatic carbocycles. The number of aromatic nitrogens is 4. The van der Waals surface area contributed by atoms with Crippen LogP contribution in [0.2, 0.25) is 0 Å². The summed E-state index contributed by atoms with van der Waals surface area (Å²) in [4.78, 5) is 11.9. The van der Waals surface area contributed by atoms with Crippen LogP contribution in [-0.4, -0.2) is 25.3 Å². The number of nitrogens with zero attached hydrogens (tertiary/aromatic N) is 4. The first-order chi connectivity index (χ1) is 8.93. The first-order valence-electron chi connectivity index (χ1n) is 6.50. The van der Waals surface area contributed by atoms with E-state index in [1.54, 1.807) is 0 Å². The highest BCUT2D eigenvalue weighted by molar-refractivity contribution is 5.97. The Morgan fingerprint density at radius 1 is 1.26 bits per heavy atom. The summed E-state index contributed by atoms with van der Waals surface area (Å²) in [5.74, 6) is 0.155. The van der Waals surface area contributed by atoms with Gasteiger partial charge in [0.05, 0.1) is 29.2 Å². The van der Waals surface area contributed by atoms with Gasteiger partial charge < -0.3 is 0 Å². The second-order valence-electron chi connectivity index (χ2n) is 4.88. The summed E-state index contributed by atoms with van der Waals surface area (Å²) in [5, 5.41) is 8.81. The second-order valence-corrected chi connectivity index (χ2v) is 4.88. The van der Waals surface area contributed by atoms with Crippen molar-refractivity contribution >= 4 is 5.78 Å². The third-order valence-corrected chi connectivity index (χ3v) is 3.39. The van der Waals surface area contributed by atoms with Crippen LogP contribution in [0.25, 0.3) is 0 Å². The Bertz CT molecular complexity index is 622. The van der Waals surface area contributed by atoms with Crippen LogP contribution in [0.4, 0.5) is 0 Å². The quantitative estimate of drug-likeness (QED) is 0.792. The lowest BCUT2D eigenvalue weighted by Crippen LogP contribution is -2.09. The van der Waals surface area contributed by atoms with Gasteiger partial charge in [-0.25, -0.2) is 0 Å². The summed E-state index contributed by atoms with van der Waals surface area (Å²) >= 11 is 0. The summed E-state index contributed by atoms with van der Waals surface area (Å²) in [5.41, 5.74) is 4.58. The lowest BCUT2D eigenvalue weighted by molar-refractivity contribution is 0.0987. The van der Waals surface area contributed by atoms with E-state index in [-0.39, 0.29) is 5.78 Å². The Morgan fingerprint density at radius 3 is 2.47 bits per heavy atom. The van der Waals surface area contributed by atoms with Crippen LogP contribution in [0, 0.1) is 20.8 Å². The molecule has 0 N–H and O–H groups in total. The highest BCUT2D eigenvalue weighted by atomic mass is 16.1. The first kappa shape index (κ1) is 13.5. The van der Waals surface area contributed by atoms with E-state index in [0.29, 0.717) is 13.0 Å². The molecule has 2 heterocycles. The normalized spacial score (nSPS) is 11.0. The Hall–Kier alpha value is -1.91. The molecule has 0 aliphatic rings. The van der Waals surface area contributed by atoms with Crippen molar-refractivity contribution in [1.82, 2.24) is 19.6 Å². The smallest absolute Gasteiger partial charge is 0.166 e. The minimum atomic E-state index is 0.155. The van der Waals surface area contributed by atoms with Crippen LogP contribution >= 0.6 is 0 Å². The molecule has 0 saturated heterocycles. The van der Waals surface area contributed by atoms with Crippen molar-refractivity contribution in [2.45, 2.75) is 40.7 Å². The van der Waals surface area contributed by atoms with Crippen molar-refractivity contribution in [3.63, 3.8) is 0 Å². The SMILES string of the molecule is CCC(=O)c1c(C)nn(Cc2cc(C)nn2C)c1C. The molecule has 0 saturated carbocycles. The van der Waals surface area contributed by atoms with Crippen molar-refractivity contribution in [2.24, 2.45) is 7.05 Å². The van der Waals surface area contributed by atoms with Crippen LogP contribution < -0.4 is 0 Å². The second kappa shape index (κ2) is 4.99. The van der Waals surface area contributed by atoms with Crippen molar-refractivity contribution in [3.8, 4) is 0 Å². The molecule has 0 bridgehead atoms. The van der Waals surface area contributed by atoms with Gasteiger partial charge in [-0.2, -0.15) is 10.2 Å². The molecule has 2 rings (SSSR count). The van der Waals surface area contributed by atoms with Crippen molar-refractivity contribution < 1.29 is 4.79 Å². The largest absolute Gasteiger partial charge is 0.294 e. The van der Waals surface area contributed by atoms with Gasteiger partial charge in [0.15, 0.2) is 5.78 Å². The lowest BCUT2D eigenvalue weighted by atomic mass is 10.1. The molecule has 0 radical (unpaired) electrons. The van der Waals surface area contributed by atoms with E-state index in [4.69, 9.17) is 0 Å². The minimum absolute atomic E-state index is 0.155. The average molecular weight is 260 g/mol. The molecule has 0 unspecified atom stereocenters. The summed E-state index contributed by atoms with van der Waals surface area (Å²) in [6, 6.07) is 2.04. The number of hydrogen-bond donors (Lipinski definition) is 0. The van der Waals surface area contributed by atoms with Gasteiger partial charge in [0.25, 0.3) is 0 Å². The molecule has 102 valence electrons. The molecular weight excluding hydrogens is 240 g/mol. The Morgan fingerprint density at radius 2 is 1.95 bits per heavy atom. The van der Waals surface area contributed by atoms with Gasteiger partial charge in [0.1, 0.15) is 0 Å². The van der Waals surface area contributed by atoms with E-state index in [1.807, 2.05) is 50.2 Å². The predicted molar refractivity (Wildman–Crippen MR) is 73.4 cm³/mol. The Balaban J connectivity index is 2.37. The van der Waals surface area contributed by atoms with Crippen molar-refractivity contribution in [2.75, 3.05) is 0 Å². The monoisotopic (exact) mass is 260 g/mol. The Kier molecular flexibility index (Phi) is 3.55. The zero-order valence-electron chi connectivity index (χ0n) is 12.2. The van der Waals surface area contributed by atoms with E-state index < -0.39 is 0 Å². The van der Waals surface area contributed by atoms with Gasteiger partial charge in [0.2, 0.25) is 0 Å². The topological polar surface area (TPSA) is 52.7 Å². The third-order valence-electron chi connectivity index (χ3n) is 3.39. The number of ketones is 1. The minimum Gasteiger partial charge on any atom is -0.294 e. The fraction of sp³-hybridized carbons (Fsp3) is 0.500. The van der Waals surface area contributed by atoms with Gasteiger partial charge in [-0.3, -0.25) is 14.2 Å². The highest BCUT2D eigenvalue weighted by Crippen LogP contribution is 2.16. The van der Waals surface area contributed by atoms with Gasteiger partial charge in [-0.1, -0.05) is 6.92 Å². The molecule has 5 heteroatoms. The van der Waals surface area contributed by atoms with E-state index in [2.05, 4.69) is 10.2 Å². The summed E-state index contributed by atoms with van der Waals surface area (Å²) in [6.45, 7) is 8.33. The zero-order valence-corrected chi connectivity index (χ0v) is 12.2.